The predicted molar refractivity (Wildman–Crippen MR) is 99.9 cm³/mol. The Kier molecular flexibility index (Phi) is 4.74. The van der Waals surface area contributed by atoms with Crippen molar-refractivity contribution in [1.29, 1.82) is 0 Å². The minimum Gasteiger partial charge on any atom is -0.487 e. The SMILES string of the molecule is O=CCn1cc(-c2cccc(COc3ccc(-c4ccn[nH]4)nc3)c2)cn1. The van der Waals surface area contributed by atoms with Crippen molar-refractivity contribution in [3.8, 4) is 28.3 Å². The van der Waals surface area contributed by atoms with Crippen molar-refractivity contribution < 1.29 is 9.53 Å². The van der Waals surface area contributed by atoms with Crippen LogP contribution in [0, 0.1) is 0 Å². The van der Waals surface area contributed by atoms with E-state index in [0.29, 0.717) is 12.4 Å². The number of aldehydes is 1. The average Bonchev–Trinajstić information content (AvgIpc) is 3.40. The fourth-order valence-corrected chi connectivity index (χ4v) is 2.72. The molecule has 7 heteroatoms. The molecule has 0 fully saturated rings. The highest BCUT2D eigenvalue weighted by atomic mass is 16.5. The number of H-pyrrole nitrogens is 1. The first-order chi connectivity index (χ1) is 13.3. The topological polar surface area (TPSA) is 85.7 Å². The molecule has 1 aromatic carbocycles. The molecule has 4 aromatic rings. The van der Waals surface area contributed by atoms with E-state index < -0.39 is 0 Å². The number of hydrogen-bond acceptors (Lipinski definition) is 5. The Balaban J connectivity index is 1.43. The molecule has 0 saturated heterocycles. The summed E-state index contributed by atoms with van der Waals surface area (Å²) in [6.07, 6.45) is 7.82. The molecule has 0 amide bonds. The van der Waals surface area contributed by atoms with E-state index in [1.165, 1.54) is 0 Å². The van der Waals surface area contributed by atoms with Crippen LogP contribution < -0.4 is 4.74 Å². The second-order valence-corrected chi connectivity index (χ2v) is 5.96. The van der Waals surface area contributed by atoms with E-state index in [4.69, 9.17) is 4.74 Å². The van der Waals surface area contributed by atoms with Crippen LogP contribution in [0.5, 0.6) is 5.75 Å². The van der Waals surface area contributed by atoms with Crippen molar-refractivity contribution in [2.24, 2.45) is 0 Å². The molecule has 0 radical (unpaired) electrons. The first-order valence-electron chi connectivity index (χ1n) is 8.46. The minimum absolute atomic E-state index is 0.254. The second kappa shape index (κ2) is 7.65. The van der Waals surface area contributed by atoms with Gasteiger partial charge in [-0.15, -0.1) is 0 Å². The van der Waals surface area contributed by atoms with E-state index in [-0.39, 0.29) is 6.54 Å². The van der Waals surface area contributed by atoms with Gasteiger partial charge in [-0.25, -0.2) is 0 Å². The zero-order valence-corrected chi connectivity index (χ0v) is 14.4. The molecule has 0 bridgehead atoms. The number of ether oxygens (including phenoxy) is 1. The van der Waals surface area contributed by atoms with Crippen LogP contribution in [0.4, 0.5) is 0 Å². The number of nitrogens with zero attached hydrogens (tertiary/aromatic N) is 4. The van der Waals surface area contributed by atoms with Crippen LogP contribution in [0.15, 0.2) is 67.3 Å². The number of pyridine rings is 1. The first kappa shape index (κ1) is 16.7. The third-order valence-electron chi connectivity index (χ3n) is 4.07. The maximum atomic E-state index is 10.6. The van der Waals surface area contributed by atoms with Gasteiger partial charge < -0.3 is 9.53 Å². The van der Waals surface area contributed by atoms with E-state index in [2.05, 4.69) is 26.3 Å². The molecule has 0 aliphatic rings. The molecule has 0 atom stereocenters. The third-order valence-corrected chi connectivity index (χ3v) is 4.07. The van der Waals surface area contributed by atoms with Crippen molar-refractivity contribution in [1.82, 2.24) is 25.0 Å². The van der Waals surface area contributed by atoms with Crippen LogP contribution in [0.1, 0.15) is 5.56 Å². The van der Waals surface area contributed by atoms with Gasteiger partial charge in [-0.1, -0.05) is 18.2 Å². The lowest BCUT2D eigenvalue weighted by molar-refractivity contribution is -0.108. The minimum atomic E-state index is 0.254. The van der Waals surface area contributed by atoms with Crippen molar-refractivity contribution in [3.05, 3.63) is 72.8 Å². The Morgan fingerprint density at radius 3 is 2.85 bits per heavy atom. The van der Waals surface area contributed by atoms with Crippen LogP contribution in [-0.2, 0) is 17.9 Å². The third kappa shape index (κ3) is 3.92. The number of rotatable bonds is 7. The maximum absolute atomic E-state index is 10.6. The van der Waals surface area contributed by atoms with Gasteiger partial charge in [0.25, 0.3) is 0 Å². The van der Waals surface area contributed by atoms with Gasteiger partial charge in [0, 0.05) is 18.0 Å². The van der Waals surface area contributed by atoms with Crippen LogP contribution in [0.3, 0.4) is 0 Å². The molecule has 0 unspecified atom stereocenters. The maximum Gasteiger partial charge on any atom is 0.141 e. The lowest BCUT2D eigenvalue weighted by Crippen LogP contribution is -1.98. The summed E-state index contributed by atoms with van der Waals surface area (Å²) in [5.41, 5.74) is 4.71. The summed E-state index contributed by atoms with van der Waals surface area (Å²) >= 11 is 0. The summed E-state index contributed by atoms with van der Waals surface area (Å²) in [7, 11) is 0. The summed E-state index contributed by atoms with van der Waals surface area (Å²) in [5.74, 6) is 0.697. The number of carbonyl (C=O) groups is 1. The van der Waals surface area contributed by atoms with E-state index in [1.807, 2.05) is 42.6 Å². The van der Waals surface area contributed by atoms with Gasteiger partial charge in [-0.05, 0) is 35.4 Å². The van der Waals surface area contributed by atoms with Gasteiger partial charge >= 0.3 is 0 Å². The van der Waals surface area contributed by atoms with Crippen LogP contribution >= 0.6 is 0 Å². The monoisotopic (exact) mass is 359 g/mol. The second-order valence-electron chi connectivity index (χ2n) is 5.96. The van der Waals surface area contributed by atoms with Crippen molar-refractivity contribution >= 4 is 6.29 Å². The Morgan fingerprint density at radius 1 is 1.11 bits per heavy atom. The summed E-state index contributed by atoms with van der Waals surface area (Å²) < 4.78 is 7.45. The van der Waals surface area contributed by atoms with Gasteiger partial charge in [0.2, 0.25) is 0 Å². The Labute approximate surface area is 155 Å². The number of hydrogen-bond donors (Lipinski definition) is 1. The summed E-state index contributed by atoms with van der Waals surface area (Å²) in [6.45, 7) is 0.686. The normalized spacial score (nSPS) is 10.7. The molecule has 7 nitrogen and oxygen atoms in total. The number of carbonyl (C=O) groups excluding carboxylic acids is 1. The predicted octanol–water partition coefficient (Wildman–Crippen LogP) is 3.11. The quantitative estimate of drug-likeness (QED) is 0.513. The van der Waals surface area contributed by atoms with E-state index >= 15 is 0 Å². The Bertz CT molecular complexity index is 1020. The zero-order chi connectivity index (χ0) is 18.5. The van der Waals surface area contributed by atoms with Crippen molar-refractivity contribution in [2.75, 3.05) is 0 Å². The zero-order valence-electron chi connectivity index (χ0n) is 14.4. The molecule has 0 spiro atoms. The summed E-state index contributed by atoms with van der Waals surface area (Å²) in [6, 6.07) is 13.7. The molecular formula is C20H17N5O2. The smallest absolute Gasteiger partial charge is 0.141 e. The van der Waals surface area contributed by atoms with E-state index in [9.17, 15) is 4.79 Å². The van der Waals surface area contributed by atoms with Gasteiger partial charge in [0.05, 0.1) is 30.3 Å². The average molecular weight is 359 g/mol. The van der Waals surface area contributed by atoms with Gasteiger partial charge in [0.15, 0.2) is 0 Å². The molecule has 4 rings (SSSR count). The van der Waals surface area contributed by atoms with Crippen molar-refractivity contribution in [2.45, 2.75) is 13.2 Å². The Hall–Kier alpha value is -3.74. The standard InChI is InChI=1S/C20H17N5O2/c26-9-8-25-13-17(11-23-25)16-3-1-2-15(10-16)14-27-18-4-5-19(21-12-18)20-6-7-22-24-20/h1-7,9-13H,8,14H2,(H,22,24). The molecule has 134 valence electrons. The molecular weight excluding hydrogens is 342 g/mol. The number of aromatic nitrogens is 5. The summed E-state index contributed by atoms with van der Waals surface area (Å²) in [4.78, 5) is 15.0. The highest BCUT2D eigenvalue weighted by Gasteiger charge is 2.05. The van der Waals surface area contributed by atoms with Crippen molar-refractivity contribution in [3.63, 3.8) is 0 Å². The van der Waals surface area contributed by atoms with E-state index in [1.54, 1.807) is 23.3 Å². The van der Waals surface area contributed by atoms with Gasteiger partial charge in [-0.3, -0.25) is 14.8 Å². The molecule has 3 heterocycles. The van der Waals surface area contributed by atoms with Crippen LogP contribution in [-0.4, -0.2) is 31.2 Å². The molecule has 0 saturated carbocycles. The number of nitrogens with one attached hydrogen (secondary N) is 1. The lowest BCUT2D eigenvalue weighted by atomic mass is 10.1. The van der Waals surface area contributed by atoms with Crippen LogP contribution in [0.2, 0.25) is 0 Å². The van der Waals surface area contributed by atoms with Gasteiger partial charge in [-0.2, -0.15) is 10.2 Å². The number of aromatic amines is 1. The molecule has 0 aliphatic heterocycles. The highest BCUT2D eigenvalue weighted by molar-refractivity contribution is 5.63. The lowest BCUT2D eigenvalue weighted by Gasteiger charge is -2.08. The molecule has 1 N–H and O–H groups in total. The summed E-state index contributed by atoms with van der Waals surface area (Å²) in [5, 5.41) is 11.0. The highest BCUT2D eigenvalue weighted by Crippen LogP contribution is 2.21. The molecule has 3 aromatic heterocycles. The van der Waals surface area contributed by atoms with Crippen LogP contribution in [0.25, 0.3) is 22.5 Å². The fraction of sp³-hybridized carbons (Fsp3) is 0.100. The largest absolute Gasteiger partial charge is 0.487 e. The number of benzene rings is 1. The fourth-order valence-electron chi connectivity index (χ4n) is 2.72. The Morgan fingerprint density at radius 2 is 2.07 bits per heavy atom. The first-order valence-corrected chi connectivity index (χ1v) is 8.46. The molecule has 0 aliphatic carbocycles. The van der Waals surface area contributed by atoms with E-state index in [0.717, 1.165) is 34.4 Å². The molecule has 27 heavy (non-hydrogen) atoms. The van der Waals surface area contributed by atoms with Gasteiger partial charge in [0.1, 0.15) is 18.6 Å².